The molecule has 2 aromatic heterocycles. The van der Waals surface area contributed by atoms with Gasteiger partial charge in [-0.05, 0) is 43.4 Å². The monoisotopic (exact) mass is 487 g/mol. The van der Waals surface area contributed by atoms with E-state index >= 15 is 0 Å². The summed E-state index contributed by atoms with van der Waals surface area (Å²) in [5, 5.41) is 0. The quantitative estimate of drug-likeness (QED) is 0.470. The van der Waals surface area contributed by atoms with Gasteiger partial charge in [0.2, 0.25) is 11.8 Å². The van der Waals surface area contributed by atoms with Crippen LogP contribution in [0.3, 0.4) is 0 Å². The van der Waals surface area contributed by atoms with Crippen molar-refractivity contribution >= 4 is 5.91 Å². The Bertz CT molecular complexity index is 1280. The molecule has 0 bridgehead atoms. The molecular weight excluding hydrogens is 466 g/mol. The van der Waals surface area contributed by atoms with E-state index in [2.05, 4.69) is 9.97 Å². The van der Waals surface area contributed by atoms with Crippen molar-refractivity contribution < 1.29 is 31.5 Å². The highest BCUT2D eigenvalue weighted by atomic mass is 19.4. The summed E-state index contributed by atoms with van der Waals surface area (Å²) in [7, 11) is 0. The second kappa shape index (κ2) is 7.53. The van der Waals surface area contributed by atoms with Gasteiger partial charge >= 0.3 is 6.18 Å². The fourth-order valence-corrected chi connectivity index (χ4v) is 6.07. The fraction of sp³-hybridized carbons (Fsp3) is 0.400. The number of hydrogen-bond donors (Lipinski definition) is 0. The van der Waals surface area contributed by atoms with Crippen molar-refractivity contribution in [2.45, 2.75) is 44.1 Å². The van der Waals surface area contributed by atoms with Gasteiger partial charge in [0.1, 0.15) is 19.0 Å². The van der Waals surface area contributed by atoms with E-state index in [1.807, 2.05) is 13.0 Å². The molecule has 182 valence electrons. The molecule has 1 amide bonds. The molecule has 0 radical (unpaired) electrons. The predicted octanol–water partition coefficient (Wildman–Crippen LogP) is 5.08. The molecule has 2 aliphatic carbocycles. The lowest BCUT2D eigenvalue weighted by Gasteiger charge is -2.47. The van der Waals surface area contributed by atoms with Crippen LogP contribution in [0.4, 0.5) is 17.6 Å². The van der Waals surface area contributed by atoms with E-state index in [9.17, 15) is 22.4 Å². The Hall–Kier alpha value is -3.43. The van der Waals surface area contributed by atoms with Crippen molar-refractivity contribution in [2.24, 2.45) is 11.3 Å². The molecule has 10 heteroatoms. The van der Waals surface area contributed by atoms with Crippen molar-refractivity contribution in [2.75, 3.05) is 6.67 Å². The number of nitrogens with zero attached hydrogens (tertiary/aromatic N) is 3. The lowest BCUT2D eigenvalue weighted by Crippen LogP contribution is -2.60. The lowest BCUT2D eigenvalue weighted by molar-refractivity contribution is -0.137. The normalized spacial score (nSPS) is 28.8. The number of oxazole rings is 1. The number of aromatic nitrogens is 2. The summed E-state index contributed by atoms with van der Waals surface area (Å²) in [6, 6.07) is 6.39. The van der Waals surface area contributed by atoms with Crippen LogP contribution < -0.4 is 4.74 Å². The number of hydrogen-bond acceptors (Lipinski definition) is 5. The van der Waals surface area contributed by atoms with Gasteiger partial charge < -0.3 is 14.1 Å². The van der Waals surface area contributed by atoms with Crippen molar-refractivity contribution in [3.05, 3.63) is 65.7 Å². The number of likely N-dealkylation sites (tertiary alicyclic amines) is 1. The van der Waals surface area contributed by atoms with Crippen molar-refractivity contribution in [3.63, 3.8) is 0 Å². The molecule has 3 heterocycles. The van der Waals surface area contributed by atoms with Crippen LogP contribution in [-0.4, -0.2) is 45.6 Å². The minimum Gasteiger partial charge on any atom is -0.472 e. The maximum Gasteiger partial charge on any atom is 0.417 e. The average Bonchev–Trinajstić information content (AvgIpc) is 3.22. The van der Waals surface area contributed by atoms with E-state index in [-0.39, 0.29) is 29.2 Å². The molecule has 5 atom stereocenters. The molecule has 0 N–H and O–H groups in total. The van der Waals surface area contributed by atoms with Gasteiger partial charge in [-0.25, -0.2) is 14.4 Å². The van der Waals surface area contributed by atoms with Crippen LogP contribution in [0, 0.1) is 18.3 Å². The van der Waals surface area contributed by atoms with E-state index < -0.39 is 30.6 Å². The molecule has 5 unspecified atom stereocenters. The first-order chi connectivity index (χ1) is 16.7. The number of piperidine rings is 1. The third-order valence-electron chi connectivity index (χ3n) is 7.70. The minimum absolute atomic E-state index is 0.0388. The number of alkyl halides is 4. The SMILES string of the molecule is Cc1cccc(C(=O)N2C(CF)C3CC34CC(Oc3ccc(C(F)(F)F)cn3)C24)c1-c1ncco1. The smallest absolute Gasteiger partial charge is 0.417 e. The zero-order valence-electron chi connectivity index (χ0n) is 18.6. The lowest BCUT2D eigenvalue weighted by atomic mass is 9.72. The summed E-state index contributed by atoms with van der Waals surface area (Å²) in [6.07, 6.45) is 0.0640. The molecule has 1 spiro atoms. The van der Waals surface area contributed by atoms with Crippen LogP contribution in [0.1, 0.15) is 34.3 Å². The number of amides is 1. The largest absolute Gasteiger partial charge is 0.472 e. The number of benzene rings is 1. The summed E-state index contributed by atoms with van der Waals surface area (Å²) in [5.41, 5.74) is 0.627. The van der Waals surface area contributed by atoms with Gasteiger partial charge in [-0.2, -0.15) is 13.2 Å². The summed E-state index contributed by atoms with van der Waals surface area (Å²) >= 11 is 0. The highest BCUT2D eigenvalue weighted by Crippen LogP contribution is 2.74. The Kier molecular flexibility index (Phi) is 4.75. The number of pyridine rings is 1. The summed E-state index contributed by atoms with van der Waals surface area (Å²) in [5.74, 6) is 0.0477. The summed E-state index contributed by atoms with van der Waals surface area (Å²) < 4.78 is 64.2. The van der Waals surface area contributed by atoms with Crippen molar-refractivity contribution in [1.29, 1.82) is 0 Å². The topological polar surface area (TPSA) is 68.5 Å². The zero-order chi connectivity index (χ0) is 24.5. The number of carbonyl (C=O) groups excluding carboxylic acids is 1. The van der Waals surface area contributed by atoms with E-state index in [4.69, 9.17) is 9.15 Å². The third kappa shape index (κ3) is 3.25. The first-order valence-electron chi connectivity index (χ1n) is 11.3. The van der Waals surface area contributed by atoms with E-state index in [0.717, 1.165) is 24.2 Å². The predicted molar refractivity (Wildman–Crippen MR) is 115 cm³/mol. The maximum atomic E-state index is 14.3. The first-order valence-corrected chi connectivity index (χ1v) is 11.3. The van der Waals surface area contributed by atoms with Gasteiger partial charge in [0.25, 0.3) is 5.91 Å². The van der Waals surface area contributed by atoms with Gasteiger partial charge in [0.05, 0.1) is 35.0 Å². The van der Waals surface area contributed by atoms with Gasteiger partial charge in [-0.3, -0.25) is 4.79 Å². The number of rotatable bonds is 5. The van der Waals surface area contributed by atoms with E-state index in [1.54, 1.807) is 17.0 Å². The molecule has 6 rings (SSSR count). The van der Waals surface area contributed by atoms with Crippen molar-refractivity contribution in [3.8, 4) is 17.3 Å². The second-order valence-corrected chi connectivity index (χ2v) is 9.50. The van der Waals surface area contributed by atoms with Gasteiger partial charge in [0.15, 0.2) is 0 Å². The van der Waals surface area contributed by atoms with Gasteiger partial charge in [-0.15, -0.1) is 0 Å². The van der Waals surface area contributed by atoms with E-state index in [0.29, 0.717) is 23.4 Å². The van der Waals surface area contributed by atoms with Crippen LogP contribution in [0.2, 0.25) is 0 Å². The first kappa shape index (κ1) is 22.1. The van der Waals surface area contributed by atoms with E-state index in [1.165, 1.54) is 18.5 Å². The number of halogens is 4. The van der Waals surface area contributed by atoms with Crippen molar-refractivity contribution in [1.82, 2.24) is 14.9 Å². The Labute approximate surface area is 197 Å². The van der Waals surface area contributed by atoms with Crippen LogP contribution in [-0.2, 0) is 6.18 Å². The highest BCUT2D eigenvalue weighted by Gasteiger charge is 2.79. The van der Waals surface area contributed by atoms with Gasteiger partial charge in [-0.1, -0.05) is 12.1 Å². The number of ether oxygens (including phenoxy) is 1. The van der Waals surface area contributed by atoms with Crippen LogP contribution in [0.15, 0.2) is 53.4 Å². The summed E-state index contributed by atoms with van der Waals surface area (Å²) in [6.45, 7) is 1.16. The maximum absolute atomic E-state index is 14.3. The Morgan fingerprint density at radius 3 is 2.71 bits per heavy atom. The third-order valence-corrected chi connectivity index (χ3v) is 7.70. The Balaban J connectivity index is 1.31. The molecule has 1 saturated heterocycles. The highest BCUT2D eigenvalue weighted by molar-refractivity contribution is 6.01. The average molecular weight is 487 g/mol. The minimum atomic E-state index is -4.50. The standard InChI is InChI=1S/C25H21F4N3O3/c1-13-3-2-4-15(20(13)22-30-7-8-34-22)23(33)32-17(11-26)16-9-24(16)10-18(21(24)32)35-19-6-5-14(12-31-19)25(27,28)29/h2-8,12,16-18,21H,9-11H2,1H3. The molecule has 3 fully saturated rings. The zero-order valence-corrected chi connectivity index (χ0v) is 18.6. The molecule has 3 aliphatic rings. The number of carbonyl (C=O) groups is 1. The molecular formula is C25H21F4N3O3. The second-order valence-electron chi connectivity index (χ2n) is 9.50. The van der Waals surface area contributed by atoms with Crippen LogP contribution in [0.5, 0.6) is 5.88 Å². The molecule has 6 nitrogen and oxygen atoms in total. The Morgan fingerprint density at radius 1 is 1.23 bits per heavy atom. The van der Waals surface area contributed by atoms with Crippen LogP contribution in [0.25, 0.3) is 11.5 Å². The molecule has 2 saturated carbocycles. The molecule has 1 aromatic carbocycles. The number of aryl methyl sites for hydroxylation is 1. The molecule has 35 heavy (non-hydrogen) atoms. The Morgan fingerprint density at radius 2 is 2.06 bits per heavy atom. The molecule has 3 aromatic rings. The van der Waals surface area contributed by atoms with Crippen LogP contribution >= 0.6 is 0 Å². The fourth-order valence-electron chi connectivity index (χ4n) is 6.07. The molecule has 1 aliphatic heterocycles. The summed E-state index contributed by atoms with van der Waals surface area (Å²) in [4.78, 5) is 23.5. The van der Waals surface area contributed by atoms with Gasteiger partial charge in [0, 0.05) is 17.7 Å².